The number of carbonyl (C=O) groups excluding carboxylic acids is 2. The van der Waals surface area contributed by atoms with Crippen LogP contribution in [0.3, 0.4) is 0 Å². The third-order valence-electron chi connectivity index (χ3n) is 7.45. The number of aliphatic carboxylic acids is 1. The van der Waals surface area contributed by atoms with Crippen molar-refractivity contribution in [3.63, 3.8) is 0 Å². The van der Waals surface area contributed by atoms with E-state index in [4.69, 9.17) is 0 Å². The Morgan fingerprint density at radius 3 is 2.05 bits per heavy atom. The van der Waals surface area contributed by atoms with Gasteiger partial charge in [-0.3, -0.25) is 24.6 Å². The van der Waals surface area contributed by atoms with Gasteiger partial charge in [0.15, 0.2) is 5.54 Å². The average Bonchev–Trinajstić information content (AvgIpc) is 3.40. The summed E-state index contributed by atoms with van der Waals surface area (Å²) in [6.07, 6.45) is 2.54. The van der Waals surface area contributed by atoms with Gasteiger partial charge < -0.3 is 10.2 Å². The molecule has 3 aromatic carbocycles. The highest BCUT2D eigenvalue weighted by Gasteiger charge is 2.70. The zero-order valence-corrected chi connectivity index (χ0v) is 20.3. The van der Waals surface area contributed by atoms with Crippen molar-refractivity contribution >= 4 is 29.9 Å². The molecule has 5 unspecified atom stereocenters. The maximum atomic E-state index is 13.6. The van der Waals surface area contributed by atoms with E-state index in [1.165, 1.54) is 6.92 Å². The molecule has 0 radical (unpaired) electrons. The third-order valence-corrected chi connectivity index (χ3v) is 7.45. The number of hydrogen-bond donors (Lipinski definition) is 3. The van der Waals surface area contributed by atoms with Crippen molar-refractivity contribution in [1.29, 1.82) is 0 Å². The molecular weight excluding hydrogens is 468 g/mol. The topological polar surface area (TPSA) is 107 Å². The van der Waals surface area contributed by atoms with Crippen LogP contribution in [-0.2, 0) is 20.9 Å². The predicted molar refractivity (Wildman–Crippen MR) is 139 cm³/mol. The van der Waals surface area contributed by atoms with Crippen molar-refractivity contribution in [2.45, 2.75) is 31.2 Å². The maximum Gasteiger partial charge on any atom is 0.327 e. The van der Waals surface area contributed by atoms with Gasteiger partial charge in [0.25, 0.3) is 0 Å². The van der Waals surface area contributed by atoms with Crippen LogP contribution in [-0.4, -0.2) is 44.5 Å². The van der Waals surface area contributed by atoms with Gasteiger partial charge in [0.2, 0.25) is 11.8 Å². The molecule has 0 saturated carbocycles. The number of benzene rings is 3. The van der Waals surface area contributed by atoms with Gasteiger partial charge in [-0.15, -0.1) is 0 Å². The quantitative estimate of drug-likeness (QED) is 0.341. The Kier molecular flexibility index (Phi) is 6.50. The van der Waals surface area contributed by atoms with Crippen LogP contribution in [0.15, 0.2) is 84.9 Å². The van der Waals surface area contributed by atoms with Crippen LogP contribution >= 0.6 is 0 Å². The molecule has 5 atom stereocenters. The number of nitrogens with zero attached hydrogens (tertiary/aromatic N) is 1. The van der Waals surface area contributed by atoms with Crippen LogP contribution in [0.1, 0.15) is 35.2 Å². The van der Waals surface area contributed by atoms with Gasteiger partial charge in [0, 0.05) is 6.04 Å². The molecule has 0 bridgehead atoms. The van der Waals surface area contributed by atoms with Gasteiger partial charge in [-0.25, -0.2) is 0 Å². The molecule has 2 fully saturated rings. The normalized spacial score (nSPS) is 26.0. The molecular formula is C30H28N2O5. The Bertz CT molecular complexity index is 1340. The highest BCUT2D eigenvalue weighted by Crippen LogP contribution is 2.50. The maximum absolute atomic E-state index is 13.6. The lowest BCUT2D eigenvalue weighted by atomic mass is 9.76. The van der Waals surface area contributed by atoms with Crippen LogP contribution in [0.2, 0.25) is 0 Å². The van der Waals surface area contributed by atoms with E-state index in [9.17, 15) is 24.6 Å². The third kappa shape index (κ3) is 4.26. The van der Waals surface area contributed by atoms with Gasteiger partial charge in [-0.2, -0.15) is 0 Å². The zero-order valence-electron chi connectivity index (χ0n) is 20.3. The molecule has 7 nitrogen and oxygen atoms in total. The van der Waals surface area contributed by atoms with Gasteiger partial charge in [0.05, 0.1) is 24.5 Å². The van der Waals surface area contributed by atoms with Gasteiger partial charge in [-0.05, 0) is 29.2 Å². The molecule has 5 rings (SSSR count). The zero-order chi connectivity index (χ0) is 26.2. The molecule has 2 saturated heterocycles. The van der Waals surface area contributed by atoms with Gasteiger partial charge in [-0.1, -0.05) is 97.1 Å². The van der Waals surface area contributed by atoms with Crippen molar-refractivity contribution in [3.8, 4) is 0 Å². The summed E-state index contributed by atoms with van der Waals surface area (Å²) < 4.78 is 0. The summed E-state index contributed by atoms with van der Waals surface area (Å²) in [5.74, 6) is -4.56. The van der Waals surface area contributed by atoms with E-state index in [-0.39, 0.29) is 6.54 Å². The summed E-state index contributed by atoms with van der Waals surface area (Å²) in [6, 6.07) is 25.7. The highest BCUT2D eigenvalue weighted by atomic mass is 16.4. The molecule has 2 heterocycles. The Hall–Kier alpha value is -4.07. The average molecular weight is 497 g/mol. The Morgan fingerprint density at radius 1 is 0.919 bits per heavy atom. The minimum Gasteiger partial charge on any atom is -0.480 e. The monoisotopic (exact) mass is 496 g/mol. The Balaban J connectivity index is 1.48. The first-order valence-electron chi connectivity index (χ1n) is 12.2. The van der Waals surface area contributed by atoms with Crippen molar-refractivity contribution in [2.24, 2.45) is 11.8 Å². The standard InChI is InChI=1S/C30H28N2O5/c1-19(33)30(29(36)37)25-24(27(34)32(28(25)35)18-22-10-6-3-7-11-22)26(31-30)23-16-14-21(15-17-23)13-12-20-8-4-2-5-9-20/h2-17,19,24-26,31,33H,18H2,1H3,(H,36,37)/b13-12+. The van der Waals surface area contributed by atoms with Crippen molar-refractivity contribution in [3.05, 3.63) is 107 Å². The number of aliphatic hydroxyl groups is 1. The minimum atomic E-state index is -1.99. The summed E-state index contributed by atoms with van der Waals surface area (Å²) in [5, 5.41) is 23.9. The summed E-state index contributed by atoms with van der Waals surface area (Å²) in [6.45, 7) is 1.40. The lowest BCUT2D eigenvalue weighted by Crippen LogP contribution is -2.62. The summed E-state index contributed by atoms with van der Waals surface area (Å²) in [5.41, 5.74) is 1.45. The number of carbonyl (C=O) groups is 3. The number of hydrogen-bond acceptors (Lipinski definition) is 5. The van der Waals surface area contributed by atoms with Crippen LogP contribution < -0.4 is 5.32 Å². The van der Waals surface area contributed by atoms with E-state index >= 15 is 0 Å². The summed E-state index contributed by atoms with van der Waals surface area (Å²) >= 11 is 0. The second kappa shape index (κ2) is 9.76. The number of nitrogens with one attached hydrogen (secondary N) is 1. The number of likely N-dealkylation sites (tertiary alicyclic amines) is 1. The molecule has 3 N–H and O–H groups in total. The lowest BCUT2D eigenvalue weighted by Gasteiger charge is -2.33. The fraction of sp³-hybridized carbons (Fsp3) is 0.233. The first-order valence-corrected chi connectivity index (χ1v) is 12.2. The van der Waals surface area contributed by atoms with Crippen molar-refractivity contribution in [2.75, 3.05) is 0 Å². The summed E-state index contributed by atoms with van der Waals surface area (Å²) in [4.78, 5) is 40.9. The van der Waals surface area contributed by atoms with E-state index < -0.39 is 47.3 Å². The van der Waals surface area contributed by atoms with Crippen LogP contribution in [0.4, 0.5) is 0 Å². The van der Waals surface area contributed by atoms with E-state index in [2.05, 4.69) is 5.32 Å². The van der Waals surface area contributed by atoms with Crippen LogP contribution in [0.25, 0.3) is 12.2 Å². The molecule has 2 aliphatic rings. The van der Waals surface area contributed by atoms with E-state index in [1.807, 2.05) is 97.1 Å². The van der Waals surface area contributed by atoms with E-state index in [0.29, 0.717) is 5.56 Å². The SMILES string of the molecule is CC(O)C1(C(=O)O)NC(c2ccc(/C=C/c3ccccc3)cc2)C2C(=O)N(Cc3ccccc3)C(=O)C21. The fourth-order valence-corrected chi connectivity index (χ4v) is 5.54. The largest absolute Gasteiger partial charge is 0.480 e. The van der Waals surface area contributed by atoms with Crippen LogP contribution in [0.5, 0.6) is 0 Å². The van der Waals surface area contributed by atoms with Gasteiger partial charge in [0.1, 0.15) is 0 Å². The van der Waals surface area contributed by atoms with E-state index in [0.717, 1.165) is 21.6 Å². The number of carboxylic acid groups (broad SMARTS) is 1. The summed E-state index contributed by atoms with van der Waals surface area (Å²) in [7, 11) is 0. The molecule has 0 aliphatic carbocycles. The fourth-order valence-electron chi connectivity index (χ4n) is 5.54. The number of fused-ring (bicyclic) bond motifs is 1. The molecule has 0 spiro atoms. The van der Waals surface area contributed by atoms with Crippen LogP contribution in [0, 0.1) is 11.8 Å². The second-order valence-corrected chi connectivity index (χ2v) is 9.63. The molecule has 7 heteroatoms. The molecule has 0 aromatic heterocycles. The molecule has 3 aromatic rings. The molecule has 2 aliphatic heterocycles. The molecule has 188 valence electrons. The van der Waals surface area contributed by atoms with E-state index in [1.54, 1.807) is 0 Å². The first kappa shape index (κ1) is 24.6. The van der Waals surface area contributed by atoms with Gasteiger partial charge >= 0.3 is 5.97 Å². The first-order chi connectivity index (χ1) is 17.8. The number of aliphatic hydroxyl groups excluding tert-OH is 1. The second-order valence-electron chi connectivity index (χ2n) is 9.63. The smallest absolute Gasteiger partial charge is 0.327 e. The van der Waals surface area contributed by atoms with Crippen molar-refractivity contribution < 1.29 is 24.6 Å². The number of carboxylic acids is 1. The number of amides is 2. The Morgan fingerprint density at radius 2 is 1.49 bits per heavy atom. The number of imide groups is 1. The highest BCUT2D eigenvalue weighted by molar-refractivity contribution is 6.09. The minimum absolute atomic E-state index is 0.0525. The molecule has 2 amide bonds. The Labute approximate surface area is 215 Å². The number of rotatable bonds is 7. The predicted octanol–water partition coefficient (Wildman–Crippen LogP) is 3.51. The van der Waals surface area contributed by atoms with Crippen molar-refractivity contribution in [1.82, 2.24) is 10.2 Å². The lowest BCUT2D eigenvalue weighted by molar-refractivity contribution is -0.157. The molecule has 37 heavy (non-hydrogen) atoms.